The van der Waals surface area contributed by atoms with Crippen molar-refractivity contribution in [1.29, 1.82) is 0 Å². The maximum absolute atomic E-state index is 11.4. The Bertz CT molecular complexity index is 329. The number of ether oxygens (including phenoxy) is 1. The molecule has 0 amide bonds. The molecule has 3 nitrogen and oxygen atoms in total. The van der Waals surface area contributed by atoms with E-state index in [1.807, 2.05) is 31.2 Å². The molecule has 1 aromatic carbocycles. The van der Waals surface area contributed by atoms with Crippen LogP contribution in [0.25, 0.3) is 0 Å². The van der Waals surface area contributed by atoms with Crippen LogP contribution in [0.2, 0.25) is 0 Å². The molecule has 1 aliphatic rings. The van der Waals surface area contributed by atoms with Crippen LogP contribution in [0.15, 0.2) is 24.3 Å². The maximum atomic E-state index is 11.4. The van der Waals surface area contributed by atoms with Crippen LogP contribution in [0, 0.1) is 0 Å². The van der Waals surface area contributed by atoms with Crippen LogP contribution in [0.3, 0.4) is 0 Å². The van der Waals surface area contributed by atoms with E-state index < -0.39 is 0 Å². The molecule has 0 saturated heterocycles. The number of anilines is 1. The van der Waals surface area contributed by atoms with Crippen molar-refractivity contribution in [2.24, 2.45) is 0 Å². The van der Waals surface area contributed by atoms with Crippen molar-refractivity contribution >= 4 is 35.6 Å². The summed E-state index contributed by atoms with van der Waals surface area (Å²) in [6.07, 6.45) is 0.731. The van der Waals surface area contributed by atoms with E-state index in [0.717, 1.165) is 12.1 Å². The quantitative estimate of drug-likeness (QED) is 0.659. The third-order valence-electron chi connectivity index (χ3n) is 2.34. The number of carbonyl (C=O) groups is 1. The van der Waals surface area contributed by atoms with Crippen molar-refractivity contribution in [3.8, 4) is 0 Å². The molecule has 1 N–H and O–H groups in total. The molecule has 0 spiro atoms. The molecule has 78 valence electrons. The van der Waals surface area contributed by atoms with Crippen LogP contribution in [0.1, 0.15) is 12.5 Å². The van der Waals surface area contributed by atoms with Crippen molar-refractivity contribution < 1.29 is 9.53 Å². The number of para-hydroxylation sites is 1. The van der Waals surface area contributed by atoms with Crippen LogP contribution in [-0.2, 0) is 16.0 Å². The van der Waals surface area contributed by atoms with Gasteiger partial charge in [-0.2, -0.15) is 0 Å². The van der Waals surface area contributed by atoms with Crippen LogP contribution in [-0.4, -0.2) is 42.5 Å². The molecular weight excluding hydrogens is 297 g/mol. The summed E-state index contributed by atoms with van der Waals surface area (Å²) in [5, 5.41) is 3.14. The van der Waals surface area contributed by atoms with Gasteiger partial charge in [-0.1, -0.05) is 18.2 Å². The number of rotatable bonds is 2. The summed E-state index contributed by atoms with van der Waals surface area (Å²) in [5.74, 6) is -0.163. The average Bonchev–Trinajstić information content (AvgIpc) is 2.61. The first kappa shape index (κ1) is 12.4. The monoisotopic (exact) mass is 311 g/mol. The van der Waals surface area contributed by atoms with Gasteiger partial charge in [0.25, 0.3) is 0 Å². The van der Waals surface area contributed by atoms with E-state index in [4.69, 9.17) is 4.74 Å². The van der Waals surface area contributed by atoms with Gasteiger partial charge >= 0.3 is 5.97 Å². The minimum atomic E-state index is -0.202. The molecule has 4 heteroatoms. The number of hydrogen-bond acceptors (Lipinski definition) is 3. The fraction of sp³-hybridized carbons (Fsp3) is 0.364. The minimum absolute atomic E-state index is 0. The molecule has 1 aromatic rings. The number of esters is 1. The van der Waals surface area contributed by atoms with E-state index in [9.17, 15) is 4.79 Å². The van der Waals surface area contributed by atoms with Crippen LogP contribution in [0.4, 0.5) is 5.69 Å². The Morgan fingerprint density at radius 3 is 2.93 bits per heavy atom. The zero-order chi connectivity index (χ0) is 9.97. The van der Waals surface area contributed by atoms with Gasteiger partial charge in [0.15, 0.2) is 0 Å². The third-order valence-corrected chi connectivity index (χ3v) is 2.34. The second kappa shape index (κ2) is 5.39. The van der Waals surface area contributed by atoms with E-state index in [-0.39, 0.29) is 35.9 Å². The predicted molar refractivity (Wildman–Crippen MR) is 59.9 cm³/mol. The topological polar surface area (TPSA) is 38.3 Å². The Labute approximate surface area is 106 Å². The Morgan fingerprint density at radius 1 is 1.53 bits per heavy atom. The van der Waals surface area contributed by atoms with Gasteiger partial charge in [-0.25, -0.2) is 4.79 Å². The van der Waals surface area contributed by atoms with Gasteiger partial charge in [0.2, 0.25) is 0 Å². The van der Waals surface area contributed by atoms with E-state index in [1.54, 1.807) is 0 Å². The van der Waals surface area contributed by atoms with Gasteiger partial charge in [-0.3, -0.25) is 0 Å². The first-order valence-corrected chi connectivity index (χ1v) is 4.82. The fourth-order valence-electron chi connectivity index (χ4n) is 1.68. The van der Waals surface area contributed by atoms with E-state index in [2.05, 4.69) is 5.32 Å². The van der Waals surface area contributed by atoms with Gasteiger partial charge in [-0.15, -0.1) is 0 Å². The Kier molecular flexibility index (Phi) is 4.44. The van der Waals surface area contributed by atoms with Gasteiger partial charge in [0, 0.05) is 36.0 Å². The van der Waals surface area contributed by atoms with Crippen LogP contribution in [0.5, 0.6) is 0 Å². The molecular formula is C11H13NO2Sn. The molecule has 0 aromatic heterocycles. The summed E-state index contributed by atoms with van der Waals surface area (Å²) >= 11 is 0. The standard InChI is InChI=1S/C11H13NO2.Sn/c1-2-14-11(13)10-7-8-5-3-4-6-9(8)12-10;/h3-6,10,12H,2,7H2,1H3;. The summed E-state index contributed by atoms with van der Waals surface area (Å²) in [7, 11) is 0. The minimum Gasteiger partial charge on any atom is -0.464 e. The second-order valence-corrected chi connectivity index (χ2v) is 3.31. The summed E-state index contributed by atoms with van der Waals surface area (Å²) in [4.78, 5) is 11.4. The molecule has 15 heavy (non-hydrogen) atoms. The summed E-state index contributed by atoms with van der Waals surface area (Å²) in [6.45, 7) is 2.26. The number of fused-ring (bicyclic) bond motifs is 1. The molecule has 1 aliphatic heterocycles. The Hall–Kier alpha value is -0.711. The van der Waals surface area contributed by atoms with Crippen LogP contribution < -0.4 is 5.32 Å². The van der Waals surface area contributed by atoms with Gasteiger partial charge in [-0.05, 0) is 18.6 Å². The van der Waals surface area contributed by atoms with Gasteiger partial charge < -0.3 is 10.1 Å². The molecule has 1 unspecified atom stereocenters. The van der Waals surface area contributed by atoms with Gasteiger partial charge in [0.05, 0.1) is 6.61 Å². The van der Waals surface area contributed by atoms with E-state index in [1.165, 1.54) is 5.56 Å². The maximum Gasteiger partial charge on any atom is 0.328 e. The van der Waals surface area contributed by atoms with Crippen molar-refractivity contribution in [1.82, 2.24) is 0 Å². The molecule has 1 atom stereocenters. The second-order valence-electron chi connectivity index (χ2n) is 3.31. The van der Waals surface area contributed by atoms with E-state index in [0.29, 0.717) is 6.61 Å². The first-order valence-electron chi connectivity index (χ1n) is 4.82. The predicted octanol–water partition coefficient (Wildman–Crippen LogP) is 1.21. The molecule has 1 heterocycles. The normalized spacial score (nSPS) is 17.3. The zero-order valence-corrected chi connectivity index (χ0v) is 11.5. The summed E-state index contributed by atoms with van der Waals surface area (Å²) in [5.41, 5.74) is 2.23. The Morgan fingerprint density at radius 2 is 2.27 bits per heavy atom. The van der Waals surface area contributed by atoms with Crippen molar-refractivity contribution in [3.63, 3.8) is 0 Å². The number of nitrogens with one attached hydrogen (secondary N) is 1. The molecule has 4 radical (unpaired) electrons. The molecule has 0 bridgehead atoms. The van der Waals surface area contributed by atoms with E-state index >= 15 is 0 Å². The molecule has 0 fully saturated rings. The summed E-state index contributed by atoms with van der Waals surface area (Å²) < 4.78 is 4.96. The summed E-state index contributed by atoms with van der Waals surface area (Å²) in [6, 6.07) is 7.75. The van der Waals surface area contributed by atoms with Crippen LogP contribution >= 0.6 is 0 Å². The van der Waals surface area contributed by atoms with Crippen molar-refractivity contribution in [2.75, 3.05) is 11.9 Å². The number of benzene rings is 1. The third kappa shape index (κ3) is 2.65. The SMILES string of the molecule is CCOC(=O)C1Cc2ccccc2N1.[Sn]. The number of hydrogen-bond donors (Lipinski definition) is 1. The largest absolute Gasteiger partial charge is 0.464 e. The Balaban J connectivity index is 0.00000112. The number of carbonyl (C=O) groups excluding carboxylic acids is 1. The molecule has 2 rings (SSSR count). The van der Waals surface area contributed by atoms with Crippen molar-refractivity contribution in [3.05, 3.63) is 29.8 Å². The smallest absolute Gasteiger partial charge is 0.328 e. The first-order chi connectivity index (χ1) is 6.81. The average molecular weight is 310 g/mol. The molecule has 0 saturated carbocycles. The fourth-order valence-corrected chi connectivity index (χ4v) is 1.68. The van der Waals surface area contributed by atoms with Gasteiger partial charge in [0.1, 0.15) is 6.04 Å². The van der Waals surface area contributed by atoms with Crippen molar-refractivity contribution in [2.45, 2.75) is 19.4 Å². The zero-order valence-electron chi connectivity index (χ0n) is 8.62. The molecule has 0 aliphatic carbocycles.